The van der Waals surface area contributed by atoms with Gasteiger partial charge in [-0.15, -0.1) is 6.58 Å². The molecule has 1 aromatic rings. The number of amides is 5. The Bertz CT molecular complexity index is 1630. The predicted molar refractivity (Wildman–Crippen MR) is 192 cm³/mol. The van der Waals surface area contributed by atoms with Crippen LogP contribution in [0.4, 0.5) is 13.2 Å². The van der Waals surface area contributed by atoms with Crippen molar-refractivity contribution >= 4 is 35.3 Å². The van der Waals surface area contributed by atoms with Gasteiger partial charge in [-0.05, 0) is 46.1 Å². The second-order valence-electron chi connectivity index (χ2n) is 17.4. The summed E-state index contributed by atoms with van der Waals surface area (Å²) in [4.78, 5) is 84.0. The summed E-state index contributed by atoms with van der Waals surface area (Å²) in [5, 5.41) is 7.72. The fraction of sp³-hybridized carbons (Fsp3) is 0.641. The molecule has 5 amide bonds. The van der Waals surface area contributed by atoms with Crippen LogP contribution in [-0.4, -0.2) is 89.1 Å². The van der Waals surface area contributed by atoms with Crippen molar-refractivity contribution in [1.82, 2.24) is 25.8 Å². The Hall–Kier alpha value is -4.23. The van der Waals surface area contributed by atoms with Crippen molar-refractivity contribution in [2.45, 2.75) is 105 Å². The average molecular weight is 746 g/mol. The van der Waals surface area contributed by atoms with Crippen molar-refractivity contribution in [1.29, 1.82) is 0 Å². The predicted octanol–water partition coefficient (Wildman–Crippen LogP) is 4.41. The minimum absolute atomic E-state index is 0.0933. The molecule has 14 heteroatoms. The zero-order chi connectivity index (χ0) is 39.8. The normalized spacial score (nSPS) is 22.2. The molecule has 4 rings (SSSR count). The third-order valence-corrected chi connectivity index (χ3v) is 11.2. The van der Waals surface area contributed by atoms with Crippen LogP contribution >= 0.6 is 0 Å². The maximum atomic E-state index is 14.5. The molecule has 0 spiro atoms. The maximum absolute atomic E-state index is 14.5. The van der Waals surface area contributed by atoms with Crippen molar-refractivity contribution in [2.75, 3.05) is 19.6 Å². The fourth-order valence-electron chi connectivity index (χ4n) is 7.68. The number of carbonyl (C=O) groups excluding carboxylic acids is 6. The minimum atomic E-state index is -4.65. The summed E-state index contributed by atoms with van der Waals surface area (Å²) >= 11 is 0. The smallest absolute Gasteiger partial charge is 0.351 e. The number of Topliss-reactive ketones (excluding diaryl/α,β-unsaturated/α-hetero) is 1. The number of rotatable bonds is 14. The van der Waals surface area contributed by atoms with Crippen molar-refractivity contribution in [3.8, 4) is 0 Å². The topological polar surface area (TPSA) is 145 Å². The number of nitrogens with one attached hydrogen (secondary N) is 3. The SMILES string of the molecule is C=CCNC(=O)C(=O)C(CCC(F)(F)F)NC(=O)[C@@H]1[C@@H]2[C@H](CN1C(=O)[C@@H](CC(=O)N[C@H](CN1Cc3ccccc3C1=O)C(C)(C)C)C(C)(C)C)C2(C)C. The molecule has 11 nitrogen and oxygen atoms in total. The Morgan fingerprint density at radius 3 is 2.21 bits per heavy atom. The lowest BCUT2D eigenvalue weighted by atomic mass is 9.77. The summed E-state index contributed by atoms with van der Waals surface area (Å²) in [6.07, 6.45) is -5.85. The molecule has 3 N–H and O–H groups in total. The van der Waals surface area contributed by atoms with Gasteiger partial charge in [0.25, 0.3) is 11.8 Å². The lowest BCUT2D eigenvalue weighted by Gasteiger charge is -2.38. The Morgan fingerprint density at radius 2 is 1.64 bits per heavy atom. The van der Waals surface area contributed by atoms with E-state index in [0.717, 1.165) is 5.56 Å². The number of alkyl halides is 3. The van der Waals surface area contributed by atoms with Gasteiger partial charge in [-0.25, -0.2) is 0 Å². The Morgan fingerprint density at radius 1 is 1.00 bits per heavy atom. The van der Waals surface area contributed by atoms with Gasteiger partial charge in [-0.2, -0.15) is 13.2 Å². The van der Waals surface area contributed by atoms with E-state index in [-0.39, 0.29) is 49.2 Å². The molecule has 1 aromatic carbocycles. The minimum Gasteiger partial charge on any atom is -0.351 e. The van der Waals surface area contributed by atoms with Gasteiger partial charge in [0.2, 0.25) is 23.5 Å². The van der Waals surface area contributed by atoms with Gasteiger partial charge in [0.05, 0.1) is 18.0 Å². The summed E-state index contributed by atoms with van der Waals surface area (Å²) in [6.45, 7) is 19.4. The van der Waals surface area contributed by atoms with Crippen LogP contribution in [0.15, 0.2) is 36.9 Å². The van der Waals surface area contributed by atoms with E-state index in [4.69, 9.17) is 0 Å². The van der Waals surface area contributed by atoms with Crippen LogP contribution in [-0.2, 0) is 30.5 Å². The lowest BCUT2D eigenvalue weighted by Crippen LogP contribution is -2.57. The van der Waals surface area contributed by atoms with Crippen LogP contribution in [0.5, 0.6) is 0 Å². The molecule has 1 aliphatic carbocycles. The maximum Gasteiger partial charge on any atom is 0.389 e. The Balaban J connectivity index is 1.53. The fourth-order valence-corrected chi connectivity index (χ4v) is 7.68. The first-order valence-corrected chi connectivity index (χ1v) is 18.2. The van der Waals surface area contributed by atoms with E-state index in [1.165, 1.54) is 11.0 Å². The standard InChI is InChI=1S/C39H54F3N5O6/c1-10-17-43-33(51)31(49)26(15-16-39(40,41)42)44-32(50)30-29-25(38(29,8)9)20-47(30)35(53)24(36(2,3)4)18-28(48)45-27(37(5,6)7)21-46-19-22-13-11-12-14-23(22)34(46)52/h10-14,24-27,29-30H,1,15-21H2,2-9H3,(H,43,51)(H,44,50)(H,45,48)/t24-,25+,26?,27-,29+,30+/m1/s1. The largest absolute Gasteiger partial charge is 0.389 e. The van der Waals surface area contributed by atoms with Crippen LogP contribution < -0.4 is 16.0 Å². The number of hydrogen-bond acceptors (Lipinski definition) is 6. The van der Waals surface area contributed by atoms with E-state index < -0.39 is 83.3 Å². The number of halogens is 3. The van der Waals surface area contributed by atoms with Crippen molar-refractivity contribution in [3.05, 3.63) is 48.0 Å². The van der Waals surface area contributed by atoms with Gasteiger partial charge >= 0.3 is 6.18 Å². The number of ketones is 1. The quantitative estimate of drug-likeness (QED) is 0.190. The number of piperidine rings is 1. The second-order valence-corrected chi connectivity index (χ2v) is 17.4. The van der Waals surface area contributed by atoms with Crippen molar-refractivity contribution < 1.29 is 41.9 Å². The van der Waals surface area contributed by atoms with Crippen LogP contribution in [0.1, 0.15) is 90.6 Å². The third-order valence-electron chi connectivity index (χ3n) is 11.2. The highest BCUT2D eigenvalue weighted by molar-refractivity contribution is 6.38. The number of nitrogens with zero attached hydrogens (tertiary/aromatic N) is 2. The number of carbonyl (C=O) groups is 6. The first-order chi connectivity index (χ1) is 24.4. The first kappa shape index (κ1) is 41.5. The van der Waals surface area contributed by atoms with E-state index in [2.05, 4.69) is 22.5 Å². The van der Waals surface area contributed by atoms with Gasteiger partial charge in [-0.3, -0.25) is 28.8 Å². The molecule has 1 unspecified atom stereocenters. The van der Waals surface area contributed by atoms with Gasteiger partial charge in [0, 0.05) is 44.6 Å². The van der Waals surface area contributed by atoms with Crippen molar-refractivity contribution in [2.24, 2.45) is 34.0 Å². The molecule has 292 valence electrons. The Kier molecular flexibility index (Phi) is 12.0. The summed E-state index contributed by atoms with van der Waals surface area (Å²) in [6, 6.07) is 3.99. The molecule has 2 aliphatic heterocycles. The molecule has 1 saturated carbocycles. The van der Waals surface area contributed by atoms with Gasteiger partial charge < -0.3 is 25.8 Å². The molecular formula is C39H54F3N5O6. The van der Waals surface area contributed by atoms with Crippen LogP contribution in [0, 0.1) is 34.0 Å². The number of benzene rings is 1. The Labute approximate surface area is 309 Å². The molecule has 0 aromatic heterocycles. The number of likely N-dealkylation sites (tertiary alicyclic amines) is 1. The van der Waals surface area contributed by atoms with E-state index in [1.54, 1.807) is 11.0 Å². The highest BCUT2D eigenvalue weighted by Gasteiger charge is 2.70. The molecule has 0 radical (unpaired) electrons. The van der Waals surface area contributed by atoms with Crippen molar-refractivity contribution in [3.63, 3.8) is 0 Å². The summed E-state index contributed by atoms with van der Waals surface area (Å²) in [5.41, 5.74) is -0.0443. The van der Waals surface area contributed by atoms with E-state index in [9.17, 15) is 41.9 Å². The van der Waals surface area contributed by atoms with Gasteiger partial charge in [0.1, 0.15) is 6.04 Å². The van der Waals surface area contributed by atoms with Crippen LogP contribution in [0.3, 0.4) is 0 Å². The van der Waals surface area contributed by atoms with Gasteiger partial charge in [0.15, 0.2) is 0 Å². The molecule has 53 heavy (non-hydrogen) atoms. The second kappa shape index (κ2) is 15.3. The number of fused-ring (bicyclic) bond motifs is 2. The molecule has 6 atom stereocenters. The molecular weight excluding hydrogens is 691 g/mol. The van der Waals surface area contributed by atoms with E-state index in [0.29, 0.717) is 12.1 Å². The lowest BCUT2D eigenvalue weighted by molar-refractivity contribution is -0.150. The zero-order valence-corrected chi connectivity index (χ0v) is 32.0. The number of hydrogen-bond donors (Lipinski definition) is 3. The zero-order valence-electron chi connectivity index (χ0n) is 32.0. The van der Waals surface area contributed by atoms with Gasteiger partial charge in [-0.1, -0.05) is 79.7 Å². The summed E-state index contributed by atoms with van der Waals surface area (Å²) in [5.74, 6) is -5.54. The third kappa shape index (κ3) is 9.48. The molecule has 3 aliphatic rings. The van der Waals surface area contributed by atoms with E-state index in [1.807, 2.05) is 73.6 Å². The van der Waals surface area contributed by atoms with Crippen LogP contribution in [0.25, 0.3) is 0 Å². The summed E-state index contributed by atoms with van der Waals surface area (Å²) < 4.78 is 39.7. The monoisotopic (exact) mass is 745 g/mol. The average Bonchev–Trinajstić information content (AvgIpc) is 3.33. The first-order valence-electron chi connectivity index (χ1n) is 18.2. The molecule has 1 saturated heterocycles. The molecule has 2 fully saturated rings. The molecule has 2 heterocycles. The van der Waals surface area contributed by atoms with E-state index >= 15 is 0 Å². The van der Waals surface area contributed by atoms with Crippen LogP contribution in [0.2, 0.25) is 0 Å². The highest BCUT2D eigenvalue weighted by atomic mass is 19.4. The molecule has 0 bridgehead atoms. The summed E-state index contributed by atoms with van der Waals surface area (Å²) in [7, 11) is 0. The highest BCUT2D eigenvalue weighted by Crippen LogP contribution is 2.65.